The maximum Gasteiger partial charge on any atom is 0.150 e. The highest BCUT2D eigenvalue weighted by molar-refractivity contribution is 7.99. The fourth-order valence-corrected chi connectivity index (χ4v) is 8.04. The quantitative estimate of drug-likeness (QED) is 0.209. The number of nitrogens with zero attached hydrogens (tertiary/aromatic N) is 3. The number of rotatable bonds is 4. The van der Waals surface area contributed by atoms with Crippen molar-refractivity contribution in [3.63, 3.8) is 0 Å². The van der Waals surface area contributed by atoms with Crippen LogP contribution >= 0.6 is 11.8 Å². The Morgan fingerprint density at radius 1 is 0.721 bits per heavy atom. The first-order valence-corrected chi connectivity index (χ1v) is 15.3. The van der Waals surface area contributed by atoms with Crippen LogP contribution in [0.25, 0.3) is 38.9 Å². The van der Waals surface area contributed by atoms with Gasteiger partial charge in [0.2, 0.25) is 0 Å². The third-order valence-corrected chi connectivity index (χ3v) is 9.86. The molecule has 0 bridgehead atoms. The Hall–Kier alpha value is -4.74. The maximum atomic E-state index is 16.2. The Balaban J connectivity index is 1.28. The molecule has 0 fully saturated rings. The van der Waals surface area contributed by atoms with Gasteiger partial charge in [0.25, 0.3) is 0 Å². The summed E-state index contributed by atoms with van der Waals surface area (Å²) >= 11 is 1.84. The minimum absolute atomic E-state index is 0.132. The molecule has 1 aliphatic heterocycles. The number of aromatic nitrogens is 3. The third-order valence-electron chi connectivity index (χ3n) is 8.65. The van der Waals surface area contributed by atoms with Gasteiger partial charge in [0.05, 0.1) is 11.2 Å². The van der Waals surface area contributed by atoms with Crippen molar-refractivity contribution >= 4 is 33.7 Å². The normalized spacial score (nSPS) is 14.4. The zero-order chi connectivity index (χ0) is 29.1. The second-order valence-electron chi connectivity index (χ2n) is 11.6. The Kier molecular flexibility index (Phi) is 5.98. The van der Waals surface area contributed by atoms with Crippen LogP contribution < -0.4 is 0 Å². The first-order valence-electron chi connectivity index (χ1n) is 14.5. The standard InChI is InChI=1S/C38H28FN3S/c1-38(2)29-15-3-4-17-33(29)43-36-30(38)18-19-32-34(36)28-14-9-21-41-37(28)42(32)27-13-8-12-26(23-27)35(39)25-11-7-10-24(22-25)31-16-5-6-20-40-31/h3-23,35H,1-2H3. The molecule has 3 aromatic heterocycles. The SMILES string of the molecule is CC1(C)c2ccccc2Sc2c1ccc1c2c2cccnc2n1-c1cccc(C(F)c2cccc(-c3ccccn3)c2)c1. The molecule has 0 saturated carbocycles. The lowest BCUT2D eigenvalue weighted by Crippen LogP contribution is -2.23. The zero-order valence-electron chi connectivity index (χ0n) is 23.8. The van der Waals surface area contributed by atoms with Crippen molar-refractivity contribution in [3.8, 4) is 16.9 Å². The highest BCUT2D eigenvalue weighted by Crippen LogP contribution is 2.53. The van der Waals surface area contributed by atoms with E-state index in [9.17, 15) is 0 Å². The van der Waals surface area contributed by atoms with Crippen molar-refractivity contribution in [2.45, 2.75) is 35.2 Å². The van der Waals surface area contributed by atoms with Crippen molar-refractivity contribution in [2.24, 2.45) is 0 Å². The molecule has 0 aliphatic carbocycles. The number of hydrogen-bond donors (Lipinski definition) is 0. The van der Waals surface area contributed by atoms with Crippen LogP contribution in [0.4, 0.5) is 4.39 Å². The number of fused-ring (bicyclic) bond motifs is 6. The summed E-state index contributed by atoms with van der Waals surface area (Å²) in [5.74, 6) is 0. The van der Waals surface area contributed by atoms with Crippen LogP contribution in [0.5, 0.6) is 0 Å². The molecule has 4 aromatic carbocycles. The van der Waals surface area contributed by atoms with Crippen molar-refractivity contribution in [2.75, 3.05) is 0 Å². The van der Waals surface area contributed by atoms with Crippen molar-refractivity contribution in [1.29, 1.82) is 0 Å². The van der Waals surface area contributed by atoms with E-state index >= 15 is 4.39 Å². The van der Waals surface area contributed by atoms with Crippen molar-refractivity contribution in [1.82, 2.24) is 14.5 Å². The van der Waals surface area contributed by atoms with Gasteiger partial charge in [-0.25, -0.2) is 9.37 Å². The monoisotopic (exact) mass is 577 g/mol. The lowest BCUT2D eigenvalue weighted by Gasteiger charge is -2.35. The number of halogens is 1. The van der Waals surface area contributed by atoms with Crippen LogP contribution in [-0.4, -0.2) is 14.5 Å². The summed E-state index contributed by atoms with van der Waals surface area (Å²) in [6.07, 6.45) is 2.31. The molecule has 8 rings (SSSR count). The zero-order valence-corrected chi connectivity index (χ0v) is 24.6. The van der Waals surface area contributed by atoms with Gasteiger partial charge in [-0.15, -0.1) is 0 Å². The van der Waals surface area contributed by atoms with E-state index in [1.807, 2.05) is 90.8 Å². The fraction of sp³-hybridized carbons (Fsp3) is 0.105. The summed E-state index contributed by atoms with van der Waals surface area (Å²) in [5, 5.41) is 2.29. The summed E-state index contributed by atoms with van der Waals surface area (Å²) in [6.45, 7) is 4.61. The highest BCUT2D eigenvalue weighted by Gasteiger charge is 2.35. The average Bonchev–Trinajstić information content (AvgIpc) is 3.40. The van der Waals surface area contributed by atoms with E-state index in [1.165, 1.54) is 26.3 Å². The molecule has 1 unspecified atom stereocenters. The largest absolute Gasteiger partial charge is 0.294 e. The molecule has 5 heteroatoms. The van der Waals surface area contributed by atoms with E-state index in [1.54, 1.807) is 6.20 Å². The second-order valence-corrected chi connectivity index (χ2v) is 12.6. The van der Waals surface area contributed by atoms with E-state index in [0.717, 1.165) is 33.5 Å². The van der Waals surface area contributed by atoms with Crippen LogP contribution in [0.3, 0.4) is 0 Å². The second kappa shape index (κ2) is 9.92. The van der Waals surface area contributed by atoms with Crippen LogP contribution in [0.1, 0.15) is 42.3 Å². The summed E-state index contributed by atoms with van der Waals surface area (Å²) in [5.41, 5.74) is 8.29. The molecule has 0 N–H and O–H groups in total. The molecule has 0 saturated heterocycles. The van der Waals surface area contributed by atoms with Gasteiger partial charge in [0.15, 0.2) is 6.17 Å². The van der Waals surface area contributed by atoms with Crippen LogP contribution in [-0.2, 0) is 5.41 Å². The third kappa shape index (κ3) is 4.10. The smallest absolute Gasteiger partial charge is 0.150 e. The molecular formula is C38H28FN3S. The van der Waals surface area contributed by atoms with Gasteiger partial charge in [0.1, 0.15) is 5.65 Å². The van der Waals surface area contributed by atoms with Crippen LogP contribution in [0.2, 0.25) is 0 Å². The van der Waals surface area contributed by atoms with Crippen molar-refractivity contribution < 1.29 is 4.39 Å². The minimum atomic E-state index is -1.29. The van der Waals surface area contributed by atoms with Crippen molar-refractivity contribution in [3.05, 3.63) is 150 Å². The van der Waals surface area contributed by atoms with E-state index in [2.05, 4.69) is 65.9 Å². The fourth-order valence-electron chi connectivity index (χ4n) is 6.49. The molecule has 43 heavy (non-hydrogen) atoms. The predicted octanol–water partition coefficient (Wildman–Crippen LogP) is 10.1. The lowest BCUT2D eigenvalue weighted by atomic mass is 9.77. The minimum Gasteiger partial charge on any atom is -0.294 e. The Labute approximate surface area is 254 Å². The van der Waals surface area contributed by atoms with Gasteiger partial charge in [-0.1, -0.05) is 86.3 Å². The average molecular weight is 578 g/mol. The number of pyridine rings is 2. The predicted molar refractivity (Wildman–Crippen MR) is 174 cm³/mol. The molecule has 208 valence electrons. The summed E-state index contributed by atoms with van der Waals surface area (Å²) < 4.78 is 18.4. The molecule has 1 aliphatic rings. The van der Waals surface area contributed by atoms with E-state index in [-0.39, 0.29) is 5.41 Å². The first-order chi connectivity index (χ1) is 21.0. The molecular weight excluding hydrogens is 550 g/mol. The maximum absolute atomic E-state index is 16.2. The Morgan fingerprint density at radius 3 is 2.37 bits per heavy atom. The van der Waals surface area contributed by atoms with Gasteiger partial charge in [0, 0.05) is 49.6 Å². The van der Waals surface area contributed by atoms with Gasteiger partial charge in [-0.3, -0.25) is 9.55 Å². The Morgan fingerprint density at radius 2 is 1.51 bits per heavy atom. The first kappa shape index (κ1) is 25.9. The van der Waals surface area contributed by atoms with Crippen LogP contribution in [0.15, 0.2) is 137 Å². The van der Waals surface area contributed by atoms with Gasteiger partial charge in [-0.2, -0.15) is 0 Å². The molecule has 7 aromatic rings. The molecule has 3 nitrogen and oxygen atoms in total. The highest BCUT2D eigenvalue weighted by atomic mass is 32.2. The summed E-state index contributed by atoms with van der Waals surface area (Å²) in [4.78, 5) is 11.9. The van der Waals surface area contributed by atoms with E-state index < -0.39 is 6.17 Å². The molecule has 1 atom stereocenters. The van der Waals surface area contributed by atoms with Gasteiger partial charge in [-0.05, 0) is 76.9 Å². The Bertz CT molecular complexity index is 2170. The van der Waals surface area contributed by atoms with Gasteiger partial charge < -0.3 is 0 Å². The molecule has 0 spiro atoms. The lowest BCUT2D eigenvalue weighted by molar-refractivity contribution is 0.402. The van der Waals surface area contributed by atoms with E-state index in [0.29, 0.717) is 11.1 Å². The van der Waals surface area contributed by atoms with Gasteiger partial charge >= 0.3 is 0 Å². The molecule has 0 amide bonds. The van der Waals surface area contributed by atoms with E-state index in [4.69, 9.17) is 4.98 Å². The molecule has 4 heterocycles. The summed E-state index contributed by atoms with van der Waals surface area (Å²) in [6, 6.07) is 38.5. The van der Waals surface area contributed by atoms with Crippen LogP contribution in [0, 0.1) is 0 Å². The number of alkyl halides is 1. The molecule has 0 radical (unpaired) electrons. The summed E-state index contributed by atoms with van der Waals surface area (Å²) in [7, 11) is 0. The number of hydrogen-bond acceptors (Lipinski definition) is 3. The topological polar surface area (TPSA) is 30.7 Å². The number of benzene rings is 4.